The number of carbonyl (C=O) groups is 1. The summed E-state index contributed by atoms with van der Waals surface area (Å²) in [6.45, 7) is 0.0491. The molecule has 0 spiro atoms. The van der Waals surface area contributed by atoms with E-state index in [1.165, 1.54) is 28.5 Å². The Morgan fingerprint density at radius 1 is 1.19 bits per heavy atom. The Labute approximate surface area is 154 Å². The molecule has 10 nitrogen and oxygen atoms in total. The number of hydrogen-bond donors (Lipinski definition) is 3. The fourth-order valence-electron chi connectivity index (χ4n) is 2.26. The van der Waals surface area contributed by atoms with Crippen LogP contribution in [0, 0.1) is 0 Å². The molecule has 2 heterocycles. The Hall–Kier alpha value is -3.15. The Kier molecular flexibility index (Phi) is 5.54. The molecule has 27 heavy (non-hydrogen) atoms. The van der Waals surface area contributed by atoms with Crippen molar-refractivity contribution in [2.75, 3.05) is 0 Å². The molecule has 0 aliphatic heterocycles. The SMILES string of the molecule is O=C(NO)c1ccc(CNS(=O)(=O)Cn2cc(-c3cccnc3)nn2)cc1. The van der Waals surface area contributed by atoms with E-state index in [1.807, 2.05) is 0 Å². The third kappa shape index (κ3) is 4.94. The molecule has 3 rings (SSSR count). The van der Waals surface area contributed by atoms with Crippen molar-refractivity contribution in [1.82, 2.24) is 30.2 Å². The molecule has 0 radical (unpaired) electrons. The zero-order valence-corrected chi connectivity index (χ0v) is 14.8. The molecule has 3 aromatic rings. The predicted molar refractivity (Wildman–Crippen MR) is 94.7 cm³/mol. The number of hydroxylamine groups is 1. The maximum Gasteiger partial charge on any atom is 0.274 e. The van der Waals surface area contributed by atoms with Gasteiger partial charge in [0.1, 0.15) is 5.69 Å². The average molecular weight is 388 g/mol. The first-order valence-electron chi connectivity index (χ1n) is 7.78. The molecular formula is C16H16N6O4S. The maximum absolute atomic E-state index is 12.2. The van der Waals surface area contributed by atoms with Gasteiger partial charge in [-0.15, -0.1) is 5.10 Å². The second kappa shape index (κ2) is 8.03. The molecule has 140 valence electrons. The van der Waals surface area contributed by atoms with Crippen LogP contribution in [0.15, 0.2) is 55.0 Å². The van der Waals surface area contributed by atoms with Gasteiger partial charge in [-0.3, -0.25) is 15.0 Å². The maximum atomic E-state index is 12.2. The van der Waals surface area contributed by atoms with Gasteiger partial charge < -0.3 is 0 Å². The minimum Gasteiger partial charge on any atom is -0.288 e. The van der Waals surface area contributed by atoms with Crippen molar-refractivity contribution < 1.29 is 18.4 Å². The Morgan fingerprint density at radius 3 is 2.63 bits per heavy atom. The molecule has 0 saturated carbocycles. The molecule has 1 aromatic carbocycles. The minimum absolute atomic E-state index is 0.0491. The molecule has 0 bridgehead atoms. The van der Waals surface area contributed by atoms with Crippen molar-refractivity contribution >= 4 is 15.9 Å². The standard InChI is InChI=1S/C16H16N6O4S/c23-16(20-24)13-5-3-12(4-6-13)8-18-27(25,26)11-22-10-15(19-21-22)14-2-1-7-17-9-14/h1-7,9-10,18,24H,8,11H2,(H,20,23). The molecule has 2 aromatic heterocycles. The van der Waals surface area contributed by atoms with E-state index in [0.717, 1.165) is 5.56 Å². The zero-order chi connectivity index (χ0) is 19.3. The summed E-state index contributed by atoms with van der Waals surface area (Å²) in [7, 11) is -3.66. The number of amides is 1. The van der Waals surface area contributed by atoms with Gasteiger partial charge in [-0.05, 0) is 29.8 Å². The number of sulfonamides is 1. The molecule has 0 aliphatic rings. The van der Waals surface area contributed by atoms with Gasteiger partial charge in [-0.2, -0.15) is 0 Å². The van der Waals surface area contributed by atoms with E-state index < -0.39 is 15.9 Å². The number of carbonyl (C=O) groups excluding carboxylic acids is 1. The number of nitrogens with zero attached hydrogens (tertiary/aromatic N) is 4. The van der Waals surface area contributed by atoms with Crippen LogP contribution in [0.25, 0.3) is 11.3 Å². The van der Waals surface area contributed by atoms with E-state index in [4.69, 9.17) is 5.21 Å². The summed E-state index contributed by atoms with van der Waals surface area (Å²) in [6.07, 6.45) is 4.77. The second-order valence-corrected chi connectivity index (χ2v) is 7.36. The summed E-state index contributed by atoms with van der Waals surface area (Å²) in [6, 6.07) is 9.68. The summed E-state index contributed by atoms with van der Waals surface area (Å²) < 4.78 is 28.1. The monoisotopic (exact) mass is 388 g/mol. The van der Waals surface area contributed by atoms with Crippen LogP contribution in [0.5, 0.6) is 0 Å². The van der Waals surface area contributed by atoms with Gasteiger partial charge in [0.2, 0.25) is 10.0 Å². The van der Waals surface area contributed by atoms with Gasteiger partial charge in [0, 0.05) is 30.1 Å². The lowest BCUT2D eigenvalue weighted by Crippen LogP contribution is -2.27. The average Bonchev–Trinajstić information content (AvgIpc) is 3.14. The summed E-state index contributed by atoms with van der Waals surface area (Å²) >= 11 is 0. The summed E-state index contributed by atoms with van der Waals surface area (Å²) in [5, 5.41) is 16.3. The third-order valence-corrected chi connectivity index (χ3v) is 4.80. The van der Waals surface area contributed by atoms with E-state index in [2.05, 4.69) is 20.0 Å². The fourth-order valence-corrected chi connectivity index (χ4v) is 3.21. The van der Waals surface area contributed by atoms with Crippen LogP contribution < -0.4 is 10.2 Å². The van der Waals surface area contributed by atoms with Crippen molar-refractivity contribution in [1.29, 1.82) is 0 Å². The predicted octanol–water partition coefficient (Wildman–Crippen LogP) is 0.536. The second-order valence-electron chi connectivity index (χ2n) is 5.59. The summed E-state index contributed by atoms with van der Waals surface area (Å²) in [4.78, 5) is 15.2. The molecule has 11 heteroatoms. The van der Waals surface area contributed by atoms with Crippen LogP contribution in [0.3, 0.4) is 0 Å². The number of aromatic nitrogens is 4. The third-order valence-electron chi connectivity index (χ3n) is 3.61. The van der Waals surface area contributed by atoms with Crippen molar-refractivity contribution in [2.24, 2.45) is 0 Å². The number of hydrogen-bond acceptors (Lipinski definition) is 7. The smallest absolute Gasteiger partial charge is 0.274 e. The Balaban J connectivity index is 1.61. The highest BCUT2D eigenvalue weighted by Crippen LogP contribution is 2.14. The van der Waals surface area contributed by atoms with Gasteiger partial charge in [0.15, 0.2) is 5.88 Å². The van der Waals surface area contributed by atoms with Crippen molar-refractivity contribution in [2.45, 2.75) is 12.4 Å². The van der Waals surface area contributed by atoms with Gasteiger partial charge in [0.25, 0.3) is 5.91 Å². The van der Waals surface area contributed by atoms with Gasteiger partial charge >= 0.3 is 0 Å². The first-order valence-corrected chi connectivity index (χ1v) is 9.43. The Bertz CT molecular complexity index is 1020. The van der Waals surface area contributed by atoms with E-state index in [1.54, 1.807) is 36.7 Å². The van der Waals surface area contributed by atoms with E-state index in [-0.39, 0.29) is 18.0 Å². The van der Waals surface area contributed by atoms with Crippen molar-refractivity contribution in [3.05, 3.63) is 66.1 Å². The Morgan fingerprint density at radius 2 is 1.96 bits per heavy atom. The van der Waals surface area contributed by atoms with E-state index in [9.17, 15) is 13.2 Å². The van der Waals surface area contributed by atoms with Crippen LogP contribution in [0.4, 0.5) is 0 Å². The van der Waals surface area contributed by atoms with Crippen LogP contribution in [0.1, 0.15) is 15.9 Å². The highest BCUT2D eigenvalue weighted by atomic mass is 32.2. The van der Waals surface area contributed by atoms with E-state index >= 15 is 0 Å². The molecule has 0 saturated heterocycles. The molecule has 0 aliphatic carbocycles. The highest BCUT2D eigenvalue weighted by molar-refractivity contribution is 7.88. The van der Waals surface area contributed by atoms with Gasteiger partial charge in [-0.25, -0.2) is 23.3 Å². The lowest BCUT2D eigenvalue weighted by Gasteiger charge is -2.07. The number of benzene rings is 1. The molecule has 3 N–H and O–H groups in total. The molecule has 1 amide bonds. The van der Waals surface area contributed by atoms with Crippen LogP contribution in [0.2, 0.25) is 0 Å². The molecule has 0 fully saturated rings. The number of rotatable bonds is 7. The largest absolute Gasteiger partial charge is 0.288 e. The highest BCUT2D eigenvalue weighted by Gasteiger charge is 2.14. The minimum atomic E-state index is -3.66. The topological polar surface area (TPSA) is 139 Å². The first-order chi connectivity index (χ1) is 13.0. The van der Waals surface area contributed by atoms with E-state index in [0.29, 0.717) is 11.3 Å². The summed E-state index contributed by atoms with van der Waals surface area (Å²) in [5.74, 6) is -1.02. The van der Waals surface area contributed by atoms with Crippen LogP contribution in [-0.4, -0.2) is 39.5 Å². The van der Waals surface area contributed by atoms with Gasteiger partial charge in [0.05, 0.1) is 6.20 Å². The van der Waals surface area contributed by atoms with Crippen molar-refractivity contribution in [3.63, 3.8) is 0 Å². The number of nitrogens with one attached hydrogen (secondary N) is 2. The van der Waals surface area contributed by atoms with Crippen LogP contribution >= 0.6 is 0 Å². The molecule has 0 atom stereocenters. The normalized spacial score (nSPS) is 11.3. The first kappa shape index (κ1) is 18.6. The van der Waals surface area contributed by atoms with Crippen molar-refractivity contribution in [3.8, 4) is 11.3 Å². The lowest BCUT2D eigenvalue weighted by atomic mass is 10.1. The fraction of sp³-hybridized carbons (Fsp3) is 0.125. The molecule has 0 unspecified atom stereocenters. The van der Waals surface area contributed by atoms with Gasteiger partial charge in [-0.1, -0.05) is 17.3 Å². The quantitative estimate of drug-likeness (QED) is 0.396. The number of pyridine rings is 1. The lowest BCUT2D eigenvalue weighted by molar-refractivity contribution is 0.0706. The summed E-state index contributed by atoms with van der Waals surface area (Å²) in [5.41, 5.74) is 3.70. The molecular weight excluding hydrogens is 372 g/mol. The zero-order valence-electron chi connectivity index (χ0n) is 14.0. The van der Waals surface area contributed by atoms with Crippen LogP contribution in [-0.2, 0) is 22.4 Å².